The van der Waals surface area contributed by atoms with E-state index in [1.54, 1.807) is 30.3 Å². The predicted octanol–water partition coefficient (Wildman–Crippen LogP) is 0.789. The van der Waals surface area contributed by atoms with Gasteiger partial charge in [0.1, 0.15) is 0 Å². The Morgan fingerprint density at radius 2 is 1.50 bits per heavy atom. The Labute approximate surface area is 164 Å². The van der Waals surface area contributed by atoms with E-state index >= 15 is 0 Å². The summed E-state index contributed by atoms with van der Waals surface area (Å²) in [5, 5.41) is 0. The molecular weight excluding hydrogens is 356 g/mol. The first-order chi connectivity index (χ1) is 13.0. The zero-order valence-electron chi connectivity index (χ0n) is 15.9. The normalized spacial score (nSPS) is 14.2. The molecular formula is C20H28N6O2. The van der Waals surface area contributed by atoms with Crippen molar-refractivity contribution in [3.63, 3.8) is 0 Å². The smallest absolute Gasteiger partial charge is 0.248 e. The van der Waals surface area contributed by atoms with Gasteiger partial charge in [-0.05, 0) is 61.6 Å². The molecule has 0 spiro atoms. The molecule has 2 rings (SSSR count). The maximum Gasteiger partial charge on any atom is 0.248 e. The van der Waals surface area contributed by atoms with Crippen LogP contribution >= 0.6 is 0 Å². The van der Waals surface area contributed by atoms with Crippen LogP contribution in [0.25, 0.3) is 0 Å². The van der Waals surface area contributed by atoms with Crippen molar-refractivity contribution in [2.45, 2.75) is 37.8 Å². The van der Waals surface area contributed by atoms with E-state index in [-0.39, 0.29) is 6.04 Å². The fourth-order valence-corrected chi connectivity index (χ4v) is 3.14. The van der Waals surface area contributed by atoms with E-state index in [9.17, 15) is 9.59 Å². The second kappa shape index (κ2) is 8.28. The molecule has 8 nitrogen and oxygen atoms in total. The molecule has 0 fully saturated rings. The number of benzene rings is 2. The molecule has 12 N–H and O–H groups in total. The number of amides is 2. The molecule has 0 heterocycles. The zero-order chi connectivity index (χ0) is 21.1. The van der Waals surface area contributed by atoms with Crippen molar-refractivity contribution in [3.8, 4) is 0 Å². The van der Waals surface area contributed by atoms with Crippen LogP contribution in [0.3, 0.4) is 0 Å². The highest BCUT2D eigenvalue weighted by Gasteiger charge is 2.23. The lowest BCUT2D eigenvalue weighted by Crippen LogP contribution is -2.39. The summed E-state index contributed by atoms with van der Waals surface area (Å²) in [6.07, 6.45) is 1.72. The highest BCUT2D eigenvalue weighted by molar-refractivity contribution is 5.94. The molecule has 2 unspecified atom stereocenters. The number of carbonyl (C=O) groups is 2. The fraction of sp³-hybridized carbons (Fsp3) is 0.300. The summed E-state index contributed by atoms with van der Waals surface area (Å²) in [5.41, 5.74) is 37.9. The minimum atomic E-state index is -0.568. The molecule has 2 amide bonds. The molecule has 0 aliphatic carbocycles. The molecule has 0 bridgehead atoms. The third-order valence-corrected chi connectivity index (χ3v) is 4.82. The van der Waals surface area contributed by atoms with E-state index in [0.29, 0.717) is 41.8 Å². The maximum atomic E-state index is 11.2. The van der Waals surface area contributed by atoms with Gasteiger partial charge >= 0.3 is 0 Å². The van der Waals surface area contributed by atoms with Crippen molar-refractivity contribution in [1.29, 1.82) is 0 Å². The monoisotopic (exact) mass is 384 g/mol. The lowest BCUT2D eigenvalue weighted by molar-refractivity contribution is 0.0992. The van der Waals surface area contributed by atoms with Gasteiger partial charge in [-0.25, -0.2) is 0 Å². The Hall–Kier alpha value is -3.10. The van der Waals surface area contributed by atoms with Gasteiger partial charge in [0.05, 0.1) is 0 Å². The Kier molecular flexibility index (Phi) is 6.27. The number of anilines is 2. The molecule has 0 saturated heterocycles. The second-order valence-electron chi connectivity index (χ2n) is 7.46. The standard InChI is InChI=1S/C20H28N6O2/c1-20(26,10-13-3-2-11(18(24)27)8-16(13)22)7-6-15(21)14-5-4-12(19(25)28)9-17(14)23/h2-5,8-9,15H,6-7,10,21-23,26H2,1H3,(H2,24,27)(H2,25,28). The van der Waals surface area contributed by atoms with Crippen LogP contribution < -0.4 is 34.4 Å². The van der Waals surface area contributed by atoms with Crippen LogP contribution in [-0.4, -0.2) is 17.4 Å². The first-order valence-electron chi connectivity index (χ1n) is 8.92. The van der Waals surface area contributed by atoms with Crippen molar-refractivity contribution in [1.82, 2.24) is 0 Å². The number of hydrogen-bond acceptors (Lipinski definition) is 6. The van der Waals surface area contributed by atoms with Crippen LogP contribution in [0.2, 0.25) is 0 Å². The van der Waals surface area contributed by atoms with Crippen LogP contribution in [0, 0.1) is 0 Å². The van der Waals surface area contributed by atoms with Crippen LogP contribution in [0.1, 0.15) is 57.7 Å². The second-order valence-corrected chi connectivity index (χ2v) is 7.46. The molecule has 2 aromatic carbocycles. The maximum absolute atomic E-state index is 11.2. The van der Waals surface area contributed by atoms with E-state index < -0.39 is 17.4 Å². The van der Waals surface area contributed by atoms with E-state index in [0.717, 1.165) is 11.1 Å². The Morgan fingerprint density at radius 3 is 2.00 bits per heavy atom. The van der Waals surface area contributed by atoms with Gasteiger partial charge in [-0.1, -0.05) is 12.1 Å². The summed E-state index contributed by atoms with van der Waals surface area (Å²) in [7, 11) is 0. The third-order valence-electron chi connectivity index (χ3n) is 4.82. The van der Waals surface area contributed by atoms with Crippen LogP contribution in [0.15, 0.2) is 36.4 Å². The van der Waals surface area contributed by atoms with Gasteiger partial charge in [-0.2, -0.15) is 0 Å². The van der Waals surface area contributed by atoms with Crippen molar-refractivity contribution in [2.75, 3.05) is 11.5 Å². The molecule has 0 saturated carbocycles. The third kappa shape index (κ3) is 5.21. The van der Waals surface area contributed by atoms with E-state index in [1.807, 2.05) is 6.92 Å². The lowest BCUT2D eigenvalue weighted by Gasteiger charge is -2.27. The minimum Gasteiger partial charge on any atom is -0.398 e. The molecule has 0 radical (unpaired) electrons. The quantitative estimate of drug-likeness (QED) is 0.364. The molecule has 2 atom stereocenters. The van der Waals surface area contributed by atoms with E-state index in [2.05, 4.69) is 0 Å². The highest BCUT2D eigenvalue weighted by atomic mass is 16.1. The Balaban J connectivity index is 2.04. The van der Waals surface area contributed by atoms with Crippen molar-refractivity contribution >= 4 is 23.2 Å². The number of rotatable bonds is 8. The van der Waals surface area contributed by atoms with Gasteiger partial charge in [0.2, 0.25) is 11.8 Å². The topological polar surface area (TPSA) is 190 Å². The first kappa shape index (κ1) is 21.2. The summed E-state index contributed by atoms with van der Waals surface area (Å²) in [6.45, 7) is 1.92. The van der Waals surface area contributed by atoms with E-state index in [1.165, 1.54) is 6.07 Å². The highest BCUT2D eigenvalue weighted by Crippen LogP contribution is 2.28. The summed E-state index contributed by atoms with van der Waals surface area (Å²) in [5.74, 6) is -1.07. The first-order valence-corrected chi connectivity index (χ1v) is 8.92. The van der Waals surface area contributed by atoms with Gasteiger partial charge in [0, 0.05) is 34.1 Å². The number of primary amides is 2. The average molecular weight is 384 g/mol. The molecule has 28 heavy (non-hydrogen) atoms. The minimum absolute atomic E-state index is 0.334. The summed E-state index contributed by atoms with van der Waals surface area (Å²) >= 11 is 0. The van der Waals surface area contributed by atoms with Crippen molar-refractivity contribution in [3.05, 3.63) is 58.7 Å². The molecule has 150 valence electrons. The Bertz CT molecular complexity index is 894. The van der Waals surface area contributed by atoms with Gasteiger partial charge in [0.15, 0.2) is 0 Å². The predicted molar refractivity (Wildman–Crippen MR) is 111 cm³/mol. The SMILES string of the molecule is CC(N)(CCC(N)c1ccc(C(N)=O)cc1N)Cc1ccc(C(N)=O)cc1N. The zero-order valence-corrected chi connectivity index (χ0v) is 15.9. The van der Waals surface area contributed by atoms with Crippen molar-refractivity contribution in [2.24, 2.45) is 22.9 Å². The van der Waals surface area contributed by atoms with Gasteiger partial charge in [-0.3, -0.25) is 9.59 Å². The average Bonchev–Trinajstić information content (AvgIpc) is 2.61. The molecule has 0 aliphatic heterocycles. The van der Waals surface area contributed by atoms with Crippen LogP contribution in [0.4, 0.5) is 11.4 Å². The summed E-state index contributed by atoms with van der Waals surface area (Å²) in [6, 6.07) is 9.48. The fourth-order valence-electron chi connectivity index (χ4n) is 3.14. The number of carbonyl (C=O) groups excluding carboxylic acids is 2. The van der Waals surface area contributed by atoms with Crippen LogP contribution in [0.5, 0.6) is 0 Å². The van der Waals surface area contributed by atoms with Crippen molar-refractivity contribution < 1.29 is 9.59 Å². The Morgan fingerprint density at radius 1 is 0.964 bits per heavy atom. The van der Waals surface area contributed by atoms with E-state index in [4.69, 9.17) is 34.4 Å². The molecule has 0 aliphatic rings. The largest absolute Gasteiger partial charge is 0.398 e. The van der Waals surface area contributed by atoms with Gasteiger partial charge < -0.3 is 34.4 Å². The van der Waals surface area contributed by atoms with Gasteiger partial charge in [-0.15, -0.1) is 0 Å². The number of hydrogen-bond donors (Lipinski definition) is 6. The van der Waals surface area contributed by atoms with Gasteiger partial charge in [0.25, 0.3) is 0 Å². The molecule has 8 heteroatoms. The molecule has 2 aromatic rings. The number of nitrogen functional groups attached to an aromatic ring is 2. The number of nitrogens with two attached hydrogens (primary N) is 6. The van der Waals surface area contributed by atoms with Crippen LogP contribution in [-0.2, 0) is 6.42 Å². The summed E-state index contributed by atoms with van der Waals surface area (Å²) in [4.78, 5) is 22.5. The summed E-state index contributed by atoms with van der Waals surface area (Å²) < 4.78 is 0. The lowest BCUT2D eigenvalue weighted by atomic mass is 9.86. The molecule has 0 aromatic heterocycles.